The highest BCUT2D eigenvalue weighted by Gasteiger charge is 2.25. The van der Waals surface area contributed by atoms with Crippen LogP contribution in [-0.4, -0.2) is 24.5 Å². The van der Waals surface area contributed by atoms with Crippen LogP contribution in [0.25, 0.3) is 0 Å². The molecule has 1 unspecified atom stereocenters. The molecule has 0 spiro atoms. The Morgan fingerprint density at radius 1 is 1.38 bits per heavy atom. The zero-order valence-corrected chi connectivity index (χ0v) is 8.76. The molecule has 0 aromatic heterocycles. The summed E-state index contributed by atoms with van der Waals surface area (Å²) in [5, 5.41) is 6.18. The van der Waals surface area contributed by atoms with Crippen LogP contribution in [0.3, 0.4) is 0 Å². The molecule has 0 aromatic rings. The standard InChI is InChI=1S/C10H20N2O/c1-7(2)6-11-10(13)8(3)12-9-4-5-9/h7-9,12H,4-6H2,1-3H3,(H,11,13). The summed E-state index contributed by atoms with van der Waals surface area (Å²) in [6.07, 6.45) is 2.45. The Morgan fingerprint density at radius 2 is 2.00 bits per heavy atom. The van der Waals surface area contributed by atoms with Gasteiger partial charge in [-0.25, -0.2) is 0 Å². The molecule has 2 N–H and O–H groups in total. The zero-order chi connectivity index (χ0) is 9.84. The molecule has 1 aliphatic carbocycles. The summed E-state index contributed by atoms with van der Waals surface area (Å²) in [7, 11) is 0. The van der Waals surface area contributed by atoms with Crippen molar-refractivity contribution < 1.29 is 4.79 Å². The van der Waals surface area contributed by atoms with Crippen LogP contribution in [0.15, 0.2) is 0 Å². The zero-order valence-electron chi connectivity index (χ0n) is 8.76. The first-order valence-corrected chi connectivity index (χ1v) is 5.13. The Hall–Kier alpha value is -0.570. The fraction of sp³-hybridized carbons (Fsp3) is 0.900. The summed E-state index contributed by atoms with van der Waals surface area (Å²) in [6, 6.07) is 0.561. The van der Waals surface area contributed by atoms with Gasteiger partial charge in [-0.3, -0.25) is 4.79 Å². The first kappa shape index (κ1) is 10.5. The monoisotopic (exact) mass is 184 g/mol. The summed E-state index contributed by atoms with van der Waals surface area (Å²) >= 11 is 0. The van der Waals surface area contributed by atoms with E-state index in [0.717, 1.165) is 6.54 Å². The number of hydrogen-bond acceptors (Lipinski definition) is 2. The molecule has 0 aromatic carbocycles. The molecule has 0 aliphatic heterocycles. The highest BCUT2D eigenvalue weighted by Crippen LogP contribution is 2.19. The van der Waals surface area contributed by atoms with Crippen molar-refractivity contribution in [2.24, 2.45) is 5.92 Å². The van der Waals surface area contributed by atoms with Gasteiger partial charge in [-0.05, 0) is 25.7 Å². The fourth-order valence-electron chi connectivity index (χ4n) is 1.14. The number of amides is 1. The molecule has 0 saturated heterocycles. The van der Waals surface area contributed by atoms with Gasteiger partial charge in [0, 0.05) is 12.6 Å². The maximum Gasteiger partial charge on any atom is 0.236 e. The van der Waals surface area contributed by atoms with Crippen molar-refractivity contribution in [3.63, 3.8) is 0 Å². The number of rotatable bonds is 5. The molecule has 76 valence electrons. The third kappa shape index (κ3) is 4.27. The van der Waals surface area contributed by atoms with E-state index in [9.17, 15) is 4.79 Å². The van der Waals surface area contributed by atoms with Gasteiger partial charge in [0.25, 0.3) is 0 Å². The Morgan fingerprint density at radius 3 is 2.46 bits per heavy atom. The van der Waals surface area contributed by atoms with Crippen molar-refractivity contribution in [2.75, 3.05) is 6.54 Å². The topological polar surface area (TPSA) is 41.1 Å². The van der Waals surface area contributed by atoms with Crippen LogP contribution >= 0.6 is 0 Å². The molecule has 0 bridgehead atoms. The lowest BCUT2D eigenvalue weighted by Crippen LogP contribution is -2.44. The third-order valence-corrected chi connectivity index (χ3v) is 2.14. The van der Waals surface area contributed by atoms with E-state index < -0.39 is 0 Å². The highest BCUT2D eigenvalue weighted by molar-refractivity contribution is 5.81. The molecule has 0 heterocycles. The minimum atomic E-state index is -0.0359. The van der Waals surface area contributed by atoms with E-state index >= 15 is 0 Å². The largest absolute Gasteiger partial charge is 0.354 e. The summed E-state index contributed by atoms with van der Waals surface area (Å²) < 4.78 is 0. The van der Waals surface area contributed by atoms with Crippen molar-refractivity contribution in [1.82, 2.24) is 10.6 Å². The van der Waals surface area contributed by atoms with Crippen LogP contribution < -0.4 is 10.6 Å². The molecule has 1 amide bonds. The van der Waals surface area contributed by atoms with Gasteiger partial charge < -0.3 is 10.6 Å². The lowest BCUT2D eigenvalue weighted by Gasteiger charge is -2.14. The van der Waals surface area contributed by atoms with Crippen LogP contribution in [0, 0.1) is 5.92 Å². The molecule has 1 fully saturated rings. The first-order valence-electron chi connectivity index (χ1n) is 5.13. The van der Waals surface area contributed by atoms with Gasteiger partial charge in [-0.15, -0.1) is 0 Å². The fourth-order valence-corrected chi connectivity index (χ4v) is 1.14. The summed E-state index contributed by atoms with van der Waals surface area (Å²) in [5.74, 6) is 0.651. The van der Waals surface area contributed by atoms with Gasteiger partial charge >= 0.3 is 0 Å². The van der Waals surface area contributed by atoms with Crippen LogP contribution in [0.1, 0.15) is 33.6 Å². The van der Waals surface area contributed by atoms with Gasteiger partial charge in [-0.1, -0.05) is 13.8 Å². The van der Waals surface area contributed by atoms with Gasteiger partial charge in [-0.2, -0.15) is 0 Å². The Bertz CT molecular complexity index is 176. The van der Waals surface area contributed by atoms with E-state index in [4.69, 9.17) is 0 Å². The van der Waals surface area contributed by atoms with Crippen LogP contribution in [-0.2, 0) is 4.79 Å². The molecule has 1 atom stereocenters. The van der Waals surface area contributed by atoms with Crippen molar-refractivity contribution in [3.8, 4) is 0 Å². The smallest absolute Gasteiger partial charge is 0.236 e. The highest BCUT2D eigenvalue weighted by atomic mass is 16.2. The second-order valence-corrected chi connectivity index (χ2v) is 4.30. The maximum atomic E-state index is 11.4. The van der Waals surface area contributed by atoms with E-state index in [1.165, 1.54) is 12.8 Å². The lowest BCUT2D eigenvalue weighted by molar-refractivity contribution is -0.122. The van der Waals surface area contributed by atoms with Gasteiger partial charge in [0.2, 0.25) is 5.91 Å². The van der Waals surface area contributed by atoms with E-state index in [-0.39, 0.29) is 11.9 Å². The average Bonchev–Trinajstić information content (AvgIpc) is 2.83. The van der Waals surface area contributed by atoms with Crippen molar-refractivity contribution in [1.29, 1.82) is 0 Å². The molecular formula is C10H20N2O. The van der Waals surface area contributed by atoms with Crippen molar-refractivity contribution in [3.05, 3.63) is 0 Å². The summed E-state index contributed by atoms with van der Waals surface area (Å²) in [6.45, 7) is 6.89. The molecule has 13 heavy (non-hydrogen) atoms. The minimum absolute atomic E-state index is 0.0359. The van der Waals surface area contributed by atoms with Crippen LogP contribution in [0.4, 0.5) is 0 Å². The number of hydrogen-bond donors (Lipinski definition) is 2. The van der Waals surface area contributed by atoms with Gasteiger partial charge in [0.05, 0.1) is 6.04 Å². The van der Waals surface area contributed by atoms with Crippen molar-refractivity contribution in [2.45, 2.75) is 45.7 Å². The molecule has 1 aliphatic rings. The molecule has 1 saturated carbocycles. The molecule has 3 nitrogen and oxygen atoms in total. The van der Waals surface area contributed by atoms with E-state index in [2.05, 4.69) is 24.5 Å². The van der Waals surface area contributed by atoms with Crippen molar-refractivity contribution >= 4 is 5.91 Å². The van der Waals surface area contributed by atoms with E-state index in [1.807, 2.05) is 6.92 Å². The minimum Gasteiger partial charge on any atom is -0.354 e. The number of carbonyl (C=O) groups is 1. The molecule has 3 heteroatoms. The van der Waals surface area contributed by atoms with Gasteiger partial charge in [0.15, 0.2) is 0 Å². The first-order chi connectivity index (χ1) is 6.09. The summed E-state index contributed by atoms with van der Waals surface area (Å²) in [5.41, 5.74) is 0. The summed E-state index contributed by atoms with van der Waals surface area (Å²) in [4.78, 5) is 11.4. The maximum absolute atomic E-state index is 11.4. The second kappa shape index (κ2) is 4.61. The number of nitrogens with one attached hydrogen (secondary N) is 2. The lowest BCUT2D eigenvalue weighted by atomic mass is 10.2. The predicted molar refractivity (Wildman–Crippen MR) is 53.5 cm³/mol. The third-order valence-electron chi connectivity index (χ3n) is 2.14. The number of carbonyl (C=O) groups excluding carboxylic acids is 1. The van der Waals surface area contributed by atoms with E-state index in [0.29, 0.717) is 12.0 Å². The SMILES string of the molecule is CC(C)CNC(=O)C(C)NC1CC1. The second-order valence-electron chi connectivity index (χ2n) is 4.30. The van der Waals surface area contributed by atoms with Gasteiger partial charge in [0.1, 0.15) is 0 Å². The van der Waals surface area contributed by atoms with Crippen LogP contribution in [0.2, 0.25) is 0 Å². The Labute approximate surface area is 80.3 Å². The van der Waals surface area contributed by atoms with E-state index in [1.54, 1.807) is 0 Å². The Balaban J connectivity index is 2.13. The molecule has 1 rings (SSSR count). The molecular weight excluding hydrogens is 164 g/mol. The molecule has 0 radical (unpaired) electrons. The average molecular weight is 184 g/mol. The predicted octanol–water partition coefficient (Wildman–Crippen LogP) is 0.899. The quantitative estimate of drug-likeness (QED) is 0.666. The Kier molecular flexibility index (Phi) is 3.72. The van der Waals surface area contributed by atoms with Crippen LogP contribution in [0.5, 0.6) is 0 Å². The normalized spacial score (nSPS) is 18.8.